The molecule has 0 rings (SSSR count). The Kier molecular flexibility index (Phi) is 51.9. The number of allylic oxidation sites excluding steroid dienone is 12. The van der Waals surface area contributed by atoms with Gasteiger partial charge in [-0.1, -0.05) is 248 Å². The molecule has 1 atom stereocenters. The summed E-state index contributed by atoms with van der Waals surface area (Å²) in [5, 5.41) is 0. The van der Waals surface area contributed by atoms with E-state index in [1.165, 1.54) is 161 Å². The predicted octanol–water partition coefficient (Wildman–Crippen LogP) is 18.6. The van der Waals surface area contributed by atoms with Gasteiger partial charge in [0, 0.05) is 19.3 Å². The maximum atomic E-state index is 12.8. The van der Waals surface area contributed by atoms with E-state index in [0.29, 0.717) is 19.3 Å². The third-order valence-electron chi connectivity index (χ3n) is 11.9. The quantitative estimate of drug-likeness (QED) is 0.0262. The third kappa shape index (κ3) is 51.8. The second kappa shape index (κ2) is 54.5. The molecule has 0 amide bonds. The van der Waals surface area contributed by atoms with Crippen molar-refractivity contribution >= 4 is 17.9 Å². The van der Waals surface area contributed by atoms with Crippen LogP contribution >= 0.6 is 0 Å². The largest absolute Gasteiger partial charge is 0.462 e. The van der Waals surface area contributed by atoms with Crippen LogP contribution in [0.5, 0.6) is 0 Å². The number of ether oxygens (including phenoxy) is 3. The number of esters is 3. The van der Waals surface area contributed by atoms with Gasteiger partial charge in [0.15, 0.2) is 6.10 Å². The first-order valence-electron chi connectivity index (χ1n) is 27.9. The van der Waals surface area contributed by atoms with Crippen LogP contribution in [-0.2, 0) is 28.6 Å². The van der Waals surface area contributed by atoms with Crippen molar-refractivity contribution in [3.8, 4) is 0 Å². The summed E-state index contributed by atoms with van der Waals surface area (Å²) in [6.45, 7) is 6.52. The van der Waals surface area contributed by atoms with Gasteiger partial charge in [0.05, 0.1) is 0 Å². The van der Waals surface area contributed by atoms with E-state index in [1.807, 2.05) is 6.08 Å². The molecule has 66 heavy (non-hydrogen) atoms. The topological polar surface area (TPSA) is 78.9 Å². The van der Waals surface area contributed by atoms with E-state index in [9.17, 15) is 14.4 Å². The number of hydrogen-bond acceptors (Lipinski definition) is 6. The summed E-state index contributed by atoms with van der Waals surface area (Å²) in [6, 6.07) is 0. The zero-order valence-electron chi connectivity index (χ0n) is 43.4. The van der Waals surface area contributed by atoms with Gasteiger partial charge in [-0.25, -0.2) is 0 Å². The normalized spacial score (nSPS) is 12.6. The number of unbranched alkanes of at least 4 members (excludes halogenated alkanes) is 27. The van der Waals surface area contributed by atoms with Crippen molar-refractivity contribution < 1.29 is 28.6 Å². The fourth-order valence-electron chi connectivity index (χ4n) is 7.72. The first kappa shape index (κ1) is 62.8. The Labute approximate surface area is 408 Å². The standard InChI is InChI=1S/C60H104O6/c1-4-7-10-13-16-19-22-25-27-29-31-32-35-38-41-44-47-50-53-59(62)65-56-57(55-64-58(61)52-49-46-43-40-37-34-24-21-18-15-12-9-6-3)66-60(63)54-51-48-45-42-39-36-33-30-28-26-23-20-17-14-11-8-5-2/h17,20,26,28,33-34,36-37,42-43,45-46,57H,4-16,18-19,21-25,27,29-32,35,38-41,44,47-56H2,1-3H3/b20-17+,28-26+,36-33+,37-34+,45-42+,46-43+. The number of hydrogen-bond donors (Lipinski definition) is 0. The molecule has 0 aliphatic carbocycles. The summed E-state index contributed by atoms with van der Waals surface area (Å²) in [6.07, 6.45) is 69.1. The van der Waals surface area contributed by atoms with Crippen LogP contribution in [0.25, 0.3) is 0 Å². The maximum Gasteiger partial charge on any atom is 0.306 e. The minimum absolute atomic E-state index is 0.112. The molecule has 1 unspecified atom stereocenters. The fourth-order valence-corrected chi connectivity index (χ4v) is 7.72. The average molecular weight is 921 g/mol. The molecule has 0 saturated heterocycles. The summed E-state index contributed by atoms with van der Waals surface area (Å²) < 4.78 is 16.7. The fraction of sp³-hybridized carbons (Fsp3) is 0.750. The summed E-state index contributed by atoms with van der Waals surface area (Å²) in [5.74, 6) is -1.03. The summed E-state index contributed by atoms with van der Waals surface area (Å²) in [7, 11) is 0. The van der Waals surface area contributed by atoms with E-state index in [1.54, 1.807) is 0 Å². The van der Waals surface area contributed by atoms with Crippen molar-refractivity contribution in [1.29, 1.82) is 0 Å². The Bertz CT molecular complexity index is 1240. The van der Waals surface area contributed by atoms with Gasteiger partial charge in [-0.2, -0.15) is 0 Å². The molecule has 0 aliphatic rings. The Balaban J connectivity index is 4.48. The second-order valence-electron chi connectivity index (χ2n) is 18.5. The summed E-state index contributed by atoms with van der Waals surface area (Å²) in [4.78, 5) is 38.0. The molecule has 0 N–H and O–H groups in total. The van der Waals surface area contributed by atoms with Crippen molar-refractivity contribution in [3.63, 3.8) is 0 Å². The molecule has 0 spiro atoms. The molecular formula is C60H104O6. The van der Waals surface area contributed by atoms with Crippen LogP contribution in [0.2, 0.25) is 0 Å². The van der Waals surface area contributed by atoms with Gasteiger partial charge in [-0.3, -0.25) is 14.4 Å². The Morgan fingerprint density at radius 1 is 0.303 bits per heavy atom. The lowest BCUT2D eigenvalue weighted by atomic mass is 10.0. The highest BCUT2D eigenvalue weighted by Crippen LogP contribution is 2.15. The lowest BCUT2D eigenvalue weighted by Crippen LogP contribution is -2.30. The molecule has 0 heterocycles. The van der Waals surface area contributed by atoms with Gasteiger partial charge in [-0.15, -0.1) is 0 Å². The molecule has 0 aromatic rings. The van der Waals surface area contributed by atoms with Crippen LogP contribution in [0.4, 0.5) is 0 Å². The number of rotatable bonds is 50. The minimum Gasteiger partial charge on any atom is -0.462 e. The lowest BCUT2D eigenvalue weighted by Gasteiger charge is -2.18. The predicted molar refractivity (Wildman–Crippen MR) is 284 cm³/mol. The van der Waals surface area contributed by atoms with Crippen LogP contribution in [0.1, 0.15) is 271 Å². The second-order valence-corrected chi connectivity index (χ2v) is 18.5. The Morgan fingerprint density at radius 3 is 1.02 bits per heavy atom. The Hall–Kier alpha value is -3.15. The van der Waals surface area contributed by atoms with Gasteiger partial charge >= 0.3 is 17.9 Å². The molecule has 6 heteroatoms. The molecular weight excluding hydrogens is 817 g/mol. The zero-order chi connectivity index (χ0) is 47.9. The smallest absolute Gasteiger partial charge is 0.306 e. The minimum atomic E-state index is -0.824. The molecule has 0 fully saturated rings. The van der Waals surface area contributed by atoms with Gasteiger partial charge in [0.25, 0.3) is 0 Å². The van der Waals surface area contributed by atoms with E-state index in [2.05, 4.69) is 87.6 Å². The van der Waals surface area contributed by atoms with Crippen molar-refractivity contribution in [2.75, 3.05) is 13.2 Å². The molecule has 380 valence electrons. The first-order valence-corrected chi connectivity index (χ1v) is 27.9. The van der Waals surface area contributed by atoms with Crippen molar-refractivity contribution in [3.05, 3.63) is 72.9 Å². The highest BCUT2D eigenvalue weighted by molar-refractivity contribution is 5.71. The summed E-state index contributed by atoms with van der Waals surface area (Å²) >= 11 is 0. The number of carbonyl (C=O) groups is 3. The van der Waals surface area contributed by atoms with Gasteiger partial charge in [-0.05, 0) is 77.0 Å². The lowest BCUT2D eigenvalue weighted by molar-refractivity contribution is -0.166. The van der Waals surface area contributed by atoms with Crippen LogP contribution in [-0.4, -0.2) is 37.2 Å². The van der Waals surface area contributed by atoms with Gasteiger partial charge in [0.1, 0.15) is 13.2 Å². The molecule has 0 aromatic carbocycles. The van der Waals surface area contributed by atoms with Crippen LogP contribution < -0.4 is 0 Å². The van der Waals surface area contributed by atoms with E-state index in [0.717, 1.165) is 57.8 Å². The van der Waals surface area contributed by atoms with Gasteiger partial charge in [0.2, 0.25) is 0 Å². The number of carbonyl (C=O) groups excluding carboxylic acids is 3. The molecule has 0 aromatic heterocycles. The average Bonchev–Trinajstić information content (AvgIpc) is 3.31. The molecule has 0 saturated carbocycles. The third-order valence-corrected chi connectivity index (χ3v) is 11.9. The highest BCUT2D eigenvalue weighted by Gasteiger charge is 2.19. The summed E-state index contributed by atoms with van der Waals surface area (Å²) in [5.41, 5.74) is 0. The Morgan fingerprint density at radius 2 is 0.591 bits per heavy atom. The van der Waals surface area contributed by atoms with Gasteiger partial charge < -0.3 is 14.2 Å². The molecule has 0 aliphatic heterocycles. The monoisotopic (exact) mass is 921 g/mol. The van der Waals surface area contributed by atoms with E-state index >= 15 is 0 Å². The van der Waals surface area contributed by atoms with E-state index < -0.39 is 6.10 Å². The van der Waals surface area contributed by atoms with Crippen molar-refractivity contribution in [2.24, 2.45) is 0 Å². The molecule has 0 bridgehead atoms. The van der Waals surface area contributed by atoms with Crippen LogP contribution in [0, 0.1) is 0 Å². The van der Waals surface area contributed by atoms with Crippen molar-refractivity contribution in [1.82, 2.24) is 0 Å². The molecule has 6 nitrogen and oxygen atoms in total. The van der Waals surface area contributed by atoms with E-state index in [-0.39, 0.29) is 44.0 Å². The van der Waals surface area contributed by atoms with Crippen LogP contribution in [0.15, 0.2) is 72.9 Å². The molecule has 0 radical (unpaired) electrons. The SMILES string of the molecule is CCCCC/C=C/C/C=C/C/C=C/C/C=C/CCCC(=O)OC(COC(=O)CC/C=C/C/C=C/CCCCCCCC)COC(=O)CCCCCCCCCCCCCCCCCCCC. The zero-order valence-corrected chi connectivity index (χ0v) is 43.4. The van der Waals surface area contributed by atoms with E-state index in [4.69, 9.17) is 14.2 Å². The first-order chi connectivity index (χ1) is 32.5. The highest BCUT2D eigenvalue weighted by atomic mass is 16.6. The van der Waals surface area contributed by atoms with Crippen molar-refractivity contribution in [2.45, 2.75) is 277 Å². The maximum absolute atomic E-state index is 12.8. The van der Waals surface area contributed by atoms with Crippen LogP contribution in [0.3, 0.4) is 0 Å².